The molecule has 1 saturated carbocycles. The van der Waals surface area contributed by atoms with E-state index in [0.717, 1.165) is 28.2 Å². The SMILES string of the molecule is COc1cc(-c2nn(C)/c(=N/C3CCCCC3)s2)ccc1[N+](=O)[O-]. The van der Waals surface area contributed by atoms with Crippen molar-refractivity contribution in [1.82, 2.24) is 9.78 Å². The highest BCUT2D eigenvalue weighted by Gasteiger charge is 2.17. The normalized spacial score (nSPS) is 16.3. The van der Waals surface area contributed by atoms with Crippen molar-refractivity contribution in [3.05, 3.63) is 33.1 Å². The molecule has 0 N–H and O–H groups in total. The average molecular weight is 348 g/mol. The van der Waals surface area contributed by atoms with Crippen LogP contribution in [0.15, 0.2) is 23.2 Å². The molecule has 1 aromatic carbocycles. The number of nitro benzene ring substituents is 1. The number of aryl methyl sites for hydroxylation is 1. The standard InChI is InChI=1S/C16H20N4O3S/c1-19-16(17-12-6-4-3-5-7-12)24-15(18-19)11-8-9-13(20(21)22)14(10-11)23-2/h8-10,12H,3-7H2,1-2H3/b17-16-. The van der Waals surface area contributed by atoms with Gasteiger partial charge in [0.05, 0.1) is 18.1 Å². The van der Waals surface area contributed by atoms with Gasteiger partial charge in [0, 0.05) is 18.7 Å². The van der Waals surface area contributed by atoms with Crippen LogP contribution in [0.2, 0.25) is 0 Å². The van der Waals surface area contributed by atoms with E-state index in [1.807, 2.05) is 7.05 Å². The van der Waals surface area contributed by atoms with Gasteiger partial charge in [-0.3, -0.25) is 15.1 Å². The molecule has 128 valence electrons. The van der Waals surface area contributed by atoms with Crippen LogP contribution in [-0.4, -0.2) is 27.9 Å². The molecule has 1 aromatic heterocycles. The lowest BCUT2D eigenvalue weighted by Crippen LogP contribution is -2.18. The first kappa shape index (κ1) is 16.6. The second kappa shape index (κ2) is 7.12. The largest absolute Gasteiger partial charge is 0.490 e. The second-order valence-electron chi connectivity index (χ2n) is 5.88. The molecule has 3 rings (SSSR count). The minimum absolute atomic E-state index is 0.0469. The Bertz CT molecular complexity index is 806. The van der Waals surface area contributed by atoms with Gasteiger partial charge in [-0.25, -0.2) is 4.68 Å². The van der Waals surface area contributed by atoms with E-state index in [2.05, 4.69) is 5.10 Å². The number of ether oxygens (including phenoxy) is 1. The van der Waals surface area contributed by atoms with Crippen LogP contribution in [0, 0.1) is 10.1 Å². The summed E-state index contributed by atoms with van der Waals surface area (Å²) in [6.45, 7) is 0. The van der Waals surface area contributed by atoms with Crippen molar-refractivity contribution in [2.75, 3.05) is 7.11 Å². The molecule has 8 heteroatoms. The predicted molar refractivity (Wildman–Crippen MR) is 92.2 cm³/mol. The average Bonchev–Trinajstić information content (AvgIpc) is 2.96. The summed E-state index contributed by atoms with van der Waals surface area (Å²) in [7, 11) is 3.31. The fraction of sp³-hybridized carbons (Fsp3) is 0.500. The summed E-state index contributed by atoms with van der Waals surface area (Å²) in [4.78, 5) is 16.3. The molecule has 0 atom stereocenters. The zero-order valence-corrected chi connectivity index (χ0v) is 14.6. The van der Waals surface area contributed by atoms with Gasteiger partial charge >= 0.3 is 5.69 Å². The number of benzene rings is 1. The monoisotopic (exact) mass is 348 g/mol. The van der Waals surface area contributed by atoms with Crippen molar-refractivity contribution in [2.24, 2.45) is 12.0 Å². The van der Waals surface area contributed by atoms with E-state index in [4.69, 9.17) is 9.73 Å². The van der Waals surface area contributed by atoms with E-state index < -0.39 is 4.92 Å². The van der Waals surface area contributed by atoms with E-state index >= 15 is 0 Å². The van der Waals surface area contributed by atoms with Crippen molar-refractivity contribution in [1.29, 1.82) is 0 Å². The minimum atomic E-state index is -0.450. The van der Waals surface area contributed by atoms with Crippen molar-refractivity contribution in [2.45, 2.75) is 38.1 Å². The van der Waals surface area contributed by atoms with Crippen LogP contribution in [0.5, 0.6) is 5.75 Å². The van der Waals surface area contributed by atoms with Crippen LogP contribution in [0.4, 0.5) is 5.69 Å². The van der Waals surface area contributed by atoms with E-state index in [-0.39, 0.29) is 11.4 Å². The van der Waals surface area contributed by atoms with Gasteiger partial charge in [0.1, 0.15) is 5.01 Å². The molecule has 0 spiro atoms. The number of rotatable bonds is 4. The first-order valence-corrected chi connectivity index (χ1v) is 8.81. The Kier molecular flexibility index (Phi) is 4.94. The molecular weight excluding hydrogens is 328 g/mol. The van der Waals surface area contributed by atoms with Gasteiger partial charge in [0.25, 0.3) is 0 Å². The number of hydrogen-bond acceptors (Lipinski definition) is 6. The number of nitrogens with zero attached hydrogens (tertiary/aromatic N) is 4. The van der Waals surface area contributed by atoms with Gasteiger partial charge in [-0.15, -0.1) is 0 Å². The maximum atomic E-state index is 11.0. The molecule has 1 aliphatic carbocycles. The molecule has 0 unspecified atom stereocenters. The summed E-state index contributed by atoms with van der Waals surface area (Å²) in [5.41, 5.74) is 0.748. The van der Waals surface area contributed by atoms with Crippen LogP contribution in [0.3, 0.4) is 0 Å². The lowest BCUT2D eigenvalue weighted by Gasteiger charge is -2.16. The zero-order valence-electron chi connectivity index (χ0n) is 13.8. The molecule has 0 aliphatic heterocycles. The van der Waals surface area contributed by atoms with Gasteiger partial charge in [-0.05, 0) is 25.0 Å². The third-order valence-electron chi connectivity index (χ3n) is 4.20. The third-order valence-corrected chi connectivity index (χ3v) is 5.26. The quantitative estimate of drug-likeness (QED) is 0.627. The van der Waals surface area contributed by atoms with Crippen LogP contribution < -0.4 is 9.54 Å². The first-order valence-electron chi connectivity index (χ1n) is 7.99. The molecule has 24 heavy (non-hydrogen) atoms. The van der Waals surface area contributed by atoms with Gasteiger partial charge in [-0.2, -0.15) is 5.10 Å². The lowest BCUT2D eigenvalue weighted by atomic mass is 9.96. The lowest BCUT2D eigenvalue weighted by molar-refractivity contribution is -0.385. The molecule has 0 radical (unpaired) electrons. The summed E-state index contributed by atoms with van der Waals surface area (Å²) >= 11 is 1.50. The van der Waals surface area contributed by atoms with Crippen LogP contribution >= 0.6 is 11.3 Å². The van der Waals surface area contributed by atoms with E-state index in [9.17, 15) is 10.1 Å². The number of aromatic nitrogens is 2. The Hall–Kier alpha value is -2.22. The topological polar surface area (TPSA) is 82.5 Å². The highest BCUT2D eigenvalue weighted by atomic mass is 32.1. The molecule has 2 aromatic rings. The van der Waals surface area contributed by atoms with Crippen LogP contribution in [-0.2, 0) is 7.05 Å². The van der Waals surface area contributed by atoms with E-state index in [0.29, 0.717) is 6.04 Å². The second-order valence-corrected chi connectivity index (χ2v) is 6.83. The van der Waals surface area contributed by atoms with Gasteiger partial charge in [0.2, 0.25) is 4.80 Å². The van der Waals surface area contributed by atoms with Gasteiger partial charge in [0.15, 0.2) is 5.75 Å². The molecule has 1 aliphatic rings. The predicted octanol–water partition coefficient (Wildman–Crippen LogP) is 3.30. The summed E-state index contributed by atoms with van der Waals surface area (Å²) in [6, 6.07) is 5.18. The number of nitro groups is 1. The number of hydrogen-bond donors (Lipinski definition) is 0. The van der Waals surface area contributed by atoms with Crippen molar-refractivity contribution < 1.29 is 9.66 Å². The Balaban J connectivity index is 1.94. The summed E-state index contributed by atoms with van der Waals surface area (Å²) in [6.07, 6.45) is 6.05. The first-order chi connectivity index (χ1) is 11.6. The Morgan fingerprint density at radius 2 is 2.12 bits per heavy atom. The summed E-state index contributed by atoms with van der Waals surface area (Å²) in [5, 5.41) is 16.3. The minimum Gasteiger partial charge on any atom is -0.490 e. The molecule has 7 nitrogen and oxygen atoms in total. The fourth-order valence-electron chi connectivity index (χ4n) is 2.91. The molecule has 0 saturated heterocycles. The van der Waals surface area contributed by atoms with Crippen LogP contribution in [0.1, 0.15) is 32.1 Å². The molecular formula is C16H20N4O3S. The maximum absolute atomic E-state index is 11.0. The van der Waals surface area contributed by atoms with Crippen molar-refractivity contribution >= 4 is 17.0 Å². The van der Waals surface area contributed by atoms with Crippen molar-refractivity contribution in [3.8, 4) is 16.3 Å². The molecule has 0 bridgehead atoms. The van der Waals surface area contributed by atoms with E-state index in [1.165, 1.54) is 43.8 Å². The zero-order chi connectivity index (χ0) is 17.1. The summed E-state index contributed by atoms with van der Waals surface area (Å²) in [5.74, 6) is 0.237. The molecule has 1 fully saturated rings. The highest BCUT2D eigenvalue weighted by Crippen LogP contribution is 2.32. The van der Waals surface area contributed by atoms with Gasteiger partial charge < -0.3 is 4.74 Å². The smallest absolute Gasteiger partial charge is 0.310 e. The van der Waals surface area contributed by atoms with Crippen molar-refractivity contribution in [3.63, 3.8) is 0 Å². The Morgan fingerprint density at radius 1 is 1.38 bits per heavy atom. The van der Waals surface area contributed by atoms with Gasteiger partial charge in [-0.1, -0.05) is 30.6 Å². The number of methoxy groups -OCH3 is 1. The van der Waals surface area contributed by atoms with Crippen LogP contribution in [0.25, 0.3) is 10.6 Å². The van der Waals surface area contributed by atoms with E-state index in [1.54, 1.807) is 16.8 Å². The maximum Gasteiger partial charge on any atom is 0.310 e. The Morgan fingerprint density at radius 3 is 2.79 bits per heavy atom. The highest BCUT2D eigenvalue weighted by molar-refractivity contribution is 7.12. The molecule has 1 heterocycles. The fourth-order valence-corrected chi connectivity index (χ4v) is 3.86. The Labute approximate surface area is 143 Å². The third kappa shape index (κ3) is 3.48. The summed E-state index contributed by atoms with van der Waals surface area (Å²) < 4.78 is 6.91. The molecule has 0 amide bonds.